The van der Waals surface area contributed by atoms with Crippen molar-refractivity contribution in [1.29, 1.82) is 0 Å². The van der Waals surface area contributed by atoms with Gasteiger partial charge in [-0.25, -0.2) is 9.18 Å². The van der Waals surface area contributed by atoms with Crippen LogP contribution in [0.1, 0.15) is 32.3 Å². The topological polar surface area (TPSA) is 50.8 Å². The van der Waals surface area contributed by atoms with Crippen LogP contribution < -0.4 is 10.1 Å². The van der Waals surface area contributed by atoms with Crippen molar-refractivity contribution < 1.29 is 18.7 Å². The fourth-order valence-corrected chi connectivity index (χ4v) is 2.86. The highest BCUT2D eigenvalue weighted by Gasteiger charge is 2.26. The molecule has 0 aromatic heterocycles. The zero-order valence-electron chi connectivity index (χ0n) is 14.1. The second-order valence-corrected chi connectivity index (χ2v) is 6.14. The predicted octanol–water partition coefficient (Wildman–Crippen LogP) is 3.59. The molecule has 1 heterocycles. The maximum atomic E-state index is 14.2. The van der Waals surface area contributed by atoms with Crippen LogP contribution in [0, 0.1) is 5.82 Å². The summed E-state index contributed by atoms with van der Waals surface area (Å²) in [6, 6.07) is 2.91. The van der Waals surface area contributed by atoms with Crippen LogP contribution in [0.3, 0.4) is 0 Å². The highest BCUT2D eigenvalue weighted by atomic mass is 35.5. The van der Waals surface area contributed by atoms with Gasteiger partial charge in [0.2, 0.25) is 0 Å². The molecule has 24 heavy (non-hydrogen) atoms. The number of amides is 1. The van der Waals surface area contributed by atoms with Gasteiger partial charge in [-0.1, -0.05) is 25.4 Å². The van der Waals surface area contributed by atoms with Crippen LogP contribution in [0.15, 0.2) is 12.1 Å². The van der Waals surface area contributed by atoms with Crippen LogP contribution in [0.5, 0.6) is 5.75 Å². The highest BCUT2D eigenvalue weighted by molar-refractivity contribution is 6.31. The first-order chi connectivity index (χ1) is 11.6. The summed E-state index contributed by atoms with van der Waals surface area (Å²) in [7, 11) is 0. The van der Waals surface area contributed by atoms with Crippen molar-refractivity contribution in [3.05, 3.63) is 28.5 Å². The first kappa shape index (κ1) is 18.8. The van der Waals surface area contributed by atoms with E-state index in [0.29, 0.717) is 18.9 Å². The van der Waals surface area contributed by atoms with E-state index in [-0.39, 0.29) is 23.2 Å². The van der Waals surface area contributed by atoms with E-state index < -0.39 is 11.9 Å². The Labute approximate surface area is 147 Å². The van der Waals surface area contributed by atoms with E-state index in [0.717, 1.165) is 25.9 Å². The molecule has 0 aliphatic carbocycles. The zero-order valence-corrected chi connectivity index (χ0v) is 14.9. The number of nitrogens with one attached hydrogen (secondary N) is 1. The molecular weight excluding hydrogens is 335 g/mol. The molecule has 7 heteroatoms. The van der Waals surface area contributed by atoms with Gasteiger partial charge in [-0.3, -0.25) is 0 Å². The Kier molecular flexibility index (Phi) is 7.12. The van der Waals surface area contributed by atoms with E-state index in [1.165, 1.54) is 6.07 Å². The van der Waals surface area contributed by atoms with Crippen molar-refractivity contribution in [3.8, 4) is 5.75 Å². The van der Waals surface area contributed by atoms with Crippen LogP contribution in [0.4, 0.5) is 9.18 Å². The number of piperazine rings is 1. The van der Waals surface area contributed by atoms with E-state index >= 15 is 0 Å². The van der Waals surface area contributed by atoms with Crippen molar-refractivity contribution >= 4 is 17.7 Å². The average molecular weight is 359 g/mol. The third kappa shape index (κ3) is 4.74. The molecule has 134 valence electrons. The van der Waals surface area contributed by atoms with E-state index in [1.54, 1.807) is 11.0 Å². The number of ether oxygens (including phenoxy) is 2. The van der Waals surface area contributed by atoms with Crippen LogP contribution in [-0.2, 0) is 11.3 Å². The molecule has 5 nitrogen and oxygen atoms in total. The molecule has 0 bridgehead atoms. The summed E-state index contributed by atoms with van der Waals surface area (Å²) in [5, 5.41) is 3.44. The lowest BCUT2D eigenvalue weighted by Crippen LogP contribution is -2.53. The lowest BCUT2D eigenvalue weighted by molar-refractivity contribution is 0.0707. The lowest BCUT2D eigenvalue weighted by Gasteiger charge is -2.34. The van der Waals surface area contributed by atoms with Crippen LogP contribution in [-0.4, -0.2) is 43.3 Å². The van der Waals surface area contributed by atoms with Crippen molar-refractivity contribution in [2.45, 2.75) is 39.3 Å². The number of nitrogens with zero attached hydrogens (tertiary/aromatic N) is 1. The summed E-state index contributed by atoms with van der Waals surface area (Å²) in [6.45, 7) is 6.32. The van der Waals surface area contributed by atoms with Gasteiger partial charge in [-0.2, -0.15) is 0 Å². The summed E-state index contributed by atoms with van der Waals surface area (Å²) in [5.74, 6) is -0.156. The Morgan fingerprint density at radius 2 is 2.25 bits per heavy atom. The van der Waals surface area contributed by atoms with Crippen LogP contribution in [0.2, 0.25) is 5.02 Å². The number of hydrogen-bond donors (Lipinski definition) is 1. The Bertz CT molecular complexity index is 548. The van der Waals surface area contributed by atoms with Gasteiger partial charge in [-0.15, -0.1) is 0 Å². The van der Waals surface area contributed by atoms with Gasteiger partial charge in [0.25, 0.3) is 0 Å². The van der Waals surface area contributed by atoms with E-state index in [9.17, 15) is 9.18 Å². The zero-order chi connectivity index (χ0) is 17.5. The van der Waals surface area contributed by atoms with Gasteiger partial charge < -0.3 is 19.7 Å². The molecule has 1 atom stereocenters. The Morgan fingerprint density at radius 3 is 2.92 bits per heavy atom. The van der Waals surface area contributed by atoms with E-state index in [1.807, 2.05) is 13.8 Å². The van der Waals surface area contributed by atoms with Gasteiger partial charge in [-0.05, 0) is 18.9 Å². The van der Waals surface area contributed by atoms with Gasteiger partial charge in [0.05, 0.1) is 11.6 Å². The fraction of sp³-hybridized carbons (Fsp3) is 0.588. The van der Waals surface area contributed by atoms with Gasteiger partial charge in [0, 0.05) is 37.3 Å². The van der Waals surface area contributed by atoms with Crippen molar-refractivity contribution in [1.82, 2.24) is 10.2 Å². The molecule has 0 unspecified atom stereocenters. The first-order valence-electron chi connectivity index (χ1n) is 8.31. The number of halogens is 2. The number of rotatable bonds is 6. The summed E-state index contributed by atoms with van der Waals surface area (Å²) in [5.41, 5.74) is 0.164. The monoisotopic (exact) mass is 358 g/mol. The molecule has 1 amide bonds. The Balaban J connectivity index is 1.99. The van der Waals surface area contributed by atoms with E-state index in [4.69, 9.17) is 21.1 Å². The minimum absolute atomic E-state index is 0.0939. The maximum absolute atomic E-state index is 14.2. The molecule has 1 aromatic rings. The lowest BCUT2D eigenvalue weighted by atomic mass is 10.1. The molecule has 1 aliphatic heterocycles. The molecule has 0 radical (unpaired) electrons. The summed E-state index contributed by atoms with van der Waals surface area (Å²) >= 11 is 6.10. The largest absolute Gasteiger partial charge is 0.493 e. The van der Waals surface area contributed by atoms with Crippen molar-refractivity contribution in [2.24, 2.45) is 0 Å². The minimum Gasteiger partial charge on any atom is -0.493 e. The summed E-state index contributed by atoms with van der Waals surface area (Å²) in [4.78, 5) is 13.9. The maximum Gasteiger partial charge on any atom is 0.410 e. The minimum atomic E-state index is -0.534. The molecule has 1 aliphatic rings. The molecule has 2 rings (SSSR count). The molecule has 1 fully saturated rings. The quantitative estimate of drug-likeness (QED) is 0.844. The SMILES string of the molecule is CCCOc1cc(F)c(COC(=O)N2CCNC[C@H]2CC)c(Cl)c1. The molecule has 1 saturated heterocycles. The third-order valence-corrected chi connectivity index (χ3v) is 4.32. The number of benzene rings is 1. The second-order valence-electron chi connectivity index (χ2n) is 5.73. The average Bonchev–Trinajstić information content (AvgIpc) is 2.58. The number of carbonyl (C=O) groups is 1. The predicted molar refractivity (Wildman–Crippen MR) is 91.0 cm³/mol. The molecule has 0 spiro atoms. The molecule has 1 aromatic carbocycles. The summed E-state index contributed by atoms with van der Waals surface area (Å²) < 4.78 is 24.8. The highest BCUT2D eigenvalue weighted by Crippen LogP contribution is 2.27. The van der Waals surface area contributed by atoms with Gasteiger partial charge in [0.1, 0.15) is 18.2 Å². The molecule has 1 N–H and O–H groups in total. The van der Waals surface area contributed by atoms with Gasteiger partial charge >= 0.3 is 6.09 Å². The smallest absolute Gasteiger partial charge is 0.410 e. The van der Waals surface area contributed by atoms with Crippen LogP contribution >= 0.6 is 11.6 Å². The standard InChI is InChI=1S/C17H24ClFN2O3/c1-3-7-23-13-8-15(18)14(16(19)9-13)11-24-17(22)21-6-5-20-10-12(21)4-2/h8-9,12,20H,3-7,10-11H2,1-2H3/t12-/m1/s1. The van der Waals surface area contributed by atoms with Crippen LogP contribution in [0.25, 0.3) is 0 Å². The number of carbonyl (C=O) groups excluding carboxylic acids is 1. The summed E-state index contributed by atoms with van der Waals surface area (Å²) in [6.07, 6.45) is 1.22. The van der Waals surface area contributed by atoms with Crippen molar-refractivity contribution in [3.63, 3.8) is 0 Å². The third-order valence-electron chi connectivity index (χ3n) is 3.98. The second kappa shape index (κ2) is 9.08. The number of hydrogen-bond acceptors (Lipinski definition) is 4. The molecule has 0 saturated carbocycles. The first-order valence-corrected chi connectivity index (χ1v) is 8.69. The van der Waals surface area contributed by atoms with E-state index in [2.05, 4.69) is 5.32 Å². The Hall–Kier alpha value is -1.53. The Morgan fingerprint density at radius 1 is 1.46 bits per heavy atom. The molecular formula is C17H24ClFN2O3. The fourth-order valence-electron chi connectivity index (χ4n) is 2.60. The normalized spacial score (nSPS) is 17.7. The van der Waals surface area contributed by atoms with Crippen molar-refractivity contribution in [2.75, 3.05) is 26.2 Å². The van der Waals surface area contributed by atoms with Gasteiger partial charge in [0.15, 0.2) is 0 Å².